The SMILES string of the molecule is Cc1ccc(Cl)cc1N1C(=O)C(O)=C(C(=O)C(C)C)C1c1ccco1. The van der Waals surface area contributed by atoms with Gasteiger partial charge in [0.05, 0.1) is 11.8 Å². The van der Waals surface area contributed by atoms with Crippen molar-refractivity contribution >= 4 is 29.0 Å². The lowest BCUT2D eigenvalue weighted by molar-refractivity contribution is -0.119. The third kappa shape index (κ3) is 2.85. The monoisotopic (exact) mass is 359 g/mol. The molecule has 0 saturated carbocycles. The van der Waals surface area contributed by atoms with Crippen LogP contribution in [0.5, 0.6) is 0 Å². The molecule has 25 heavy (non-hydrogen) atoms. The Labute approximate surface area is 150 Å². The van der Waals surface area contributed by atoms with Gasteiger partial charge in [-0.3, -0.25) is 14.5 Å². The first-order chi connectivity index (χ1) is 11.8. The summed E-state index contributed by atoms with van der Waals surface area (Å²) in [6.45, 7) is 5.27. The Hall–Kier alpha value is -2.53. The fourth-order valence-electron chi connectivity index (χ4n) is 2.97. The maximum atomic E-state index is 12.8. The predicted molar refractivity (Wildman–Crippen MR) is 94.6 cm³/mol. The van der Waals surface area contributed by atoms with Crippen molar-refractivity contribution in [2.24, 2.45) is 5.92 Å². The van der Waals surface area contributed by atoms with Crippen LogP contribution in [0.15, 0.2) is 52.3 Å². The van der Waals surface area contributed by atoms with Gasteiger partial charge >= 0.3 is 0 Å². The number of halogens is 1. The molecule has 1 aliphatic rings. The van der Waals surface area contributed by atoms with E-state index in [0.29, 0.717) is 16.5 Å². The molecular formula is C19H18ClNO4. The van der Waals surface area contributed by atoms with Gasteiger partial charge in [0.15, 0.2) is 11.5 Å². The topological polar surface area (TPSA) is 70.8 Å². The number of aryl methyl sites for hydroxylation is 1. The van der Waals surface area contributed by atoms with E-state index in [0.717, 1.165) is 5.56 Å². The number of carbonyl (C=O) groups is 2. The molecule has 5 nitrogen and oxygen atoms in total. The van der Waals surface area contributed by atoms with Crippen molar-refractivity contribution in [1.29, 1.82) is 0 Å². The number of rotatable bonds is 4. The van der Waals surface area contributed by atoms with Crippen LogP contribution in [0, 0.1) is 12.8 Å². The van der Waals surface area contributed by atoms with Crippen molar-refractivity contribution in [2.75, 3.05) is 4.90 Å². The summed E-state index contributed by atoms with van der Waals surface area (Å²) in [5.41, 5.74) is 1.37. The van der Waals surface area contributed by atoms with E-state index in [1.165, 1.54) is 11.2 Å². The Morgan fingerprint density at radius 3 is 2.64 bits per heavy atom. The molecule has 1 N–H and O–H groups in total. The van der Waals surface area contributed by atoms with Gasteiger partial charge in [-0.1, -0.05) is 31.5 Å². The van der Waals surface area contributed by atoms with Gasteiger partial charge < -0.3 is 9.52 Å². The first-order valence-electron chi connectivity index (χ1n) is 7.93. The van der Waals surface area contributed by atoms with Crippen molar-refractivity contribution in [3.63, 3.8) is 0 Å². The van der Waals surface area contributed by atoms with Crippen LogP contribution in [0.4, 0.5) is 5.69 Å². The molecule has 130 valence electrons. The zero-order valence-corrected chi connectivity index (χ0v) is 14.9. The summed E-state index contributed by atoms with van der Waals surface area (Å²) in [7, 11) is 0. The number of ketones is 1. The number of hydrogen-bond acceptors (Lipinski definition) is 4. The van der Waals surface area contributed by atoms with E-state index in [4.69, 9.17) is 16.0 Å². The number of furan rings is 1. The third-order valence-corrected chi connectivity index (χ3v) is 4.48. The van der Waals surface area contributed by atoms with E-state index in [1.807, 2.05) is 6.92 Å². The molecule has 1 atom stereocenters. The highest BCUT2D eigenvalue weighted by Gasteiger charge is 2.46. The lowest BCUT2D eigenvalue weighted by atomic mass is 9.94. The molecule has 2 aromatic rings. The van der Waals surface area contributed by atoms with Crippen LogP contribution in [-0.4, -0.2) is 16.8 Å². The molecule has 3 rings (SSSR count). The van der Waals surface area contributed by atoms with Gasteiger partial charge in [-0.05, 0) is 36.8 Å². The van der Waals surface area contributed by atoms with Crippen molar-refractivity contribution in [3.8, 4) is 0 Å². The highest BCUT2D eigenvalue weighted by molar-refractivity contribution is 6.31. The van der Waals surface area contributed by atoms with E-state index in [9.17, 15) is 14.7 Å². The van der Waals surface area contributed by atoms with Gasteiger partial charge in [-0.15, -0.1) is 0 Å². The van der Waals surface area contributed by atoms with E-state index in [1.54, 1.807) is 44.2 Å². The standard InChI is InChI=1S/C19H18ClNO4/c1-10(2)17(22)15-16(14-5-4-8-25-14)21(19(24)18(15)23)13-9-12(20)7-6-11(13)3/h4-10,16,23H,1-3H3. The molecule has 1 aromatic heterocycles. The second kappa shape index (κ2) is 6.41. The molecule has 1 amide bonds. The van der Waals surface area contributed by atoms with Gasteiger partial charge in [-0.25, -0.2) is 0 Å². The zero-order valence-electron chi connectivity index (χ0n) is 14.1. The van der Waals surface area contributed by atoms with Gasteiger partial charge in [0, 0.05) is 16.6 Å². The van der Waals surface area contributed by atoms with Crippen LogP contribution < -0.4 is 4.90 Å². The number of anilines is 1. The summed E-state index contributed by atoms with van der Waals surface area (Å²) in [5, 5.41) is 10.9. The molecule has 1 unspecified atom stereocenters. The van der Waals surface area contributed by atoms with Gasteiger partial charge in [0.2, 0.25) is 0 Å². The first kappa shape index (κ1) is 17.3. The third-order valence-electron chi connectivity index (χ3n) is 4.24. The number of aliphatic hydroxyl groups is 1. The molecule has 0 saturated heterocycles. The van der Waals surface area contributed by atoms with Crippen molar-refractivity contribution < 1.29 is 19.1 Å². The lowest BCUT2D eigenvalue weighted by Crippen LogP contribution is -2.31. The Morgan fingerprint density at radius 2 is 2.04 bits per heavy atom. The molecule has 0 aliphatic carbocycles. The highest BCUT2D eigenvalue weighted by Crippen LogP contribution is 2.43. The number of amides is 1. The minimum absolute atomic E-state index is 0.0503. The molecule has 0 bridgehead atoms. The van der Waals surface area contributed by atoms with Gasteiger partial charge in [0.25, 0.3) is 5.91 Å². The zero-order chi connectivity index (χ0) is 18.3. The summed E-state index contributed by atoms with van der Waals surface area (Å²) in [5.74, 6) is -1.45. The number of Topliss-reactive ketones (excluding diaryl/α,β-unsaturated/α-hetero) is 1. The fourth-order valence-corrected chi connectivity index (χ4v) is 3.14. The molecule has 0 fully saturated rings. The number of benzene rings is 1. The average molecular weight is 360 g/mol. The van der Waals surface area contributed by atoms with Crippen molar-refractivity contribution in [1.82, 2.24) is 0 Å². The molecular weight excluding hydrogens is 342 g/mol. The Bertz CT molecular complexity index is 868. The molecule has 0 radical (unpaired) electrons. The summed E-state index contributed by atoms with van der Waals surface area (Å²) >= 11 is 6.10. The quantitative estimate of drug-likeness (QED) is 0.880. The van der Waals surface area contributed by atoms with Gasteiger partial charge in [-0.2, -0.15) is 0 Å². The summed E-state index contributed by atoms with van der Waals surface area (Å²) in [4.78, 5) is 26.8. The lowest BCUT2D eigenvalue weighted by Gasteiger charge is -2.27. The van der Waals surface area contributed by atoms with E-state index >= 15 is 0 Å². The second-order valence-corrected chi connectivity index (χ2v) is 6.74. The summed E-state index contributed by atoms with van der Waals surface area (Å²) in [6, 6.07) is 7.67. The number of carbonyl (C=O) groups excluding carboxylic acids is 2. The predicted octanol–water partition coefficient (Wildman–Crippen LogP) is 4.37. The molecule has 1 aromatic carbocycles. The number of nitrogens with zero attached hydrogens (tertiary/aromatic N) is 1. The minimum Gasteiger partial charge on any atom is -0.503 e. The average Bonchev–Trinajstić information content (AvgIpc) is 3.17. The first-order valence-corrected chi connectivity index (χ1v) is 8.31. The summed E-state index contributed by atoms with van der Waals surface area (Å²) < 4.78 is 5.47. The largest absolute Gasteiger partial charge is 0.503 e. The smallest absolute Gasteiger partial charge is 0.294 e. The van der Waals surface area contributed by atoms with Crippen LogP contribution in [-0.2, 0) is 9.59 Å². The van der Waals surface area contributed by atoms with E-state index < -0.39 is 17.7 Å². The molecule has 6 heteroatoms. The molecule has 1 aliphatic heterocycles. The summed E-state index contributed by atoms with van der Waals surface area (Å²) in [6.07, 6.45) is 1.47. The number of aliphatic hydroxyl groups excluding tert-OH is 1. The van der Waals surface area contributed by atoms with Crippen molar-refractivity contribution in [3.05, 3.63) is 64.3 Å². The molecule has 2 heterocycles. The maximum Gasteiger partial charge on any atom is 0.294 e. The Kier molecular flexibility index (Phi) is 4.43. The normalized spacial score (nSPS) is 17.7. The second-order valence-electron chi connectivity index (χ2n) is 6.31. The van der Waals surface area contributed by atoms with E-state index in [2.05, 4.69) is 0 Å². The van der Waals surface area contributed by atoms with Crippen LogP contribution in [0.1, 0.15) is 31.2 Å². The Balaban J connectivity index is 2.21. The van der Waals surface area contributed by atoms with Crippen molar-refractivity contribution in [2.45, 2.75) is 26.8 Å². The highest BCUT2D eigenvalue weighted by atomic mass is 35.5. The van der Waals surface area contributed by atoms with Crippen LogP contribution in [0.2, 0.25) is 5.02 Å². The maximum absolute atomic E-state index is 12.8. The van der Waals surface area contributed by atoms with Crippen LogP contribution in [0.25, 0.3) is 0 Å². The van der Waals surface area contributed by atoms with Crippen LogP contribution in [0.3, 0.4) is 0 Å². The fraction of sp³-hybridized carbons (Fsp3) is 0.263. The number of hydrogen-bond donors (Lipinski definition) is 1. The molecule has 0 spiro atoms. The Morgan fingerprint density at radius 1 is 1.32 bits per heavy atom. The van der Waals surface area contributed by atoms with Crippen LogP contribution >= 0.6 is 11.6 Å². The van der Waals surface area contributed by atoms with E-state index in [-0.39, 0.29) is 17.3 Å². The minimum atomic E-state index is -0.824. The van der Waals surface area contributed by atoms with Gasteiger partial charge in [0.1, 0.15) is 11.8 Å².